The minimum atomic E-state index is -2.97. The van der Waals surface area contributed by atoms with Crippen molar-refractivity contribution < 1.29 is 12.9 Å². The first-order valence-electron chi connectivity index (χ1n) is 6.40. The van der Waals surface area contributed by atoms with E-state index in [1.165, 1.54) is 0 Å². The van der Waals surface area contributed by atoms with Crippen molar-refractivity contribution in [3.63, 3.8) is 0 Å². The average molecular weight is 373 g/mol. The quantitative estimate of drug-likeness (QED) is 0.851. The predicted octanol–water partition coefficient (Wildman–Crippen LogP) is 0.823. The number of aromatic nitrogens is 3. The molecule has 0 bridgehead atoms. The van der Waals surface area contributed by atoms with Crippen molar-refractivity contribution in [2.75, 3.05) is 18.1 Å². The van der Waals surface area contributed by atoms with Crippen LogP contribution in [-0.4, -0.2) is 47.6 Å². The van der Waals surface area contributed by atoms with Crippen LogP contribution in [0.25, 0.3) is 11.5 Å². The molecule has 0 saturated carbocycles. The number of rotatable bonds is 3. The van der Waals surface area contributed by atoms with Gasteiger partial charge in [0, 0.05) is 29.7 Å². The second-order valence-electron chi connectivity index (χ2n) is 4.84. The van der Waals surface area contributed by atoms with Crippen molar-refractivity contribution in [1.29, 1.82) is 0 Å². The van der Waals surface area contributed by atoms with Crippen molar-refractivity contribution in [3.05, 3.63) is 28.7 Å². The molecule has 0 amide bonds. The molecule has 21 heavy (non-hydrogen) atoms. The lowest BCUT2D eigenvalue weighted by molar-refractivity contribution is 0.361. The van der Waals surface area contributed by atoms with Crippen LogP contribution < -0.4 is 5.32 Å². The van der Waals surface area contributed by atoms with Crippen LogP contribution in [0.5, 0.6) is 0 Å². The third-order valence-electron chi connectivity index (χ3n) is 3.15. The SMILES string of the molecule is O=S1(=O)CCNC(Cc2nc(-c3ccc(Br)cn3)no2)C1. The van der Waals surface area contributed by atoms with E-state index in [9.17, 15) is 8.42 Å². The Morgan fingerprint density at radius 2 is 2.29 bits per heavy atom. The summed E-state index contributed by atoms with van der Waals surface area (Å²) in [5, 5.41) is 7.03. The van der Waals surface area contributed by atoms with Crippen LogP contribution >= 0.6 is 15.9 Å². The minimum Gasteiger partial charge on any atom is -0.339 e. The molecule has 3 heterocycles. The predicted molar refractivity (Wildman–Crippen MR) is 79.4 cm³/mol. The molecule has 0 aliphatic carbocycles. The lowest BCUT2D eigenvalue weighted by Crippen LogP contribution is -2.46. The molecule has 0 spiro atoms. The summed E-state index contributed by atoms with van der Waals surface area (Å²) >= 11 is 3.31. The van der Waals surface area contributed by atoms with Crippen molar-refractivity contribution in [3.8, 4) is 11.5 Å². The summed E-state index contributed by atoms with van der Waals surface area (Å²) in [7, 11) is -2.97. The molecule has 1 fully saturated rings. The normalized spacial score (nSPS) is 21.3. The monoisotopic (exact) mass is 372 g/mol. The molecule has 1 atom stereocenters. The summed E-state index contributed by atoms with van der Waals surface area (Å²) in [6.45, 7) is 0.461. The number of nitrogens with zero attached hydrogens (tertiary/aromatic N) is 3. The highest BCUT2D eigenvalue weighted by Gasteiger charge is 2.26. The van der Waals surface area contributed by atoms with Gasteiger partial charge in [0.25, 0.3) is 0 Å². The van der Waals surface area contributed by atoms with Gasteiger partial charge in [0.1, 0.15) is 5.69 Å². The van der Waals surface area contributed by atoms with Gasteiger partial charge in [-0.25, -0.2) is 8.42 Å². The molecule has 9 heteroatoms. The first-order chi connectivity index (χ1) is 10.0. The van der Waals surface area contributed by atoms with E-state index in [2.05, 4.69) is 36.4 Å². The first-order valence-corrected chi connectivity index (χ1v) is 9.01. The zero-order valence-electron chi connectivity index (χ0n) is 11.0. The van der Waals surface area contributed by atoms with Crippen LogP contribution in [0.4, 0.5) is 0 Å². The number of sulfone groups is 1. The maximum absolute atomic E-state index is 11.6. The summed E-state index contributed by atoms with van der Waals surface area (Å²) in [4.78, 5) is 8.45. The number of nitrogens with one attached hydrogen (secondary N) is 1. The van der Waals surface area contributed by atoms with E-state index >= 15 is 0 Å². The molecule has 1 aliphatic heterocycles. The summed E-state index contributed by atoms with van der Waals surface area (Å²) in [5.74, 6) is 1.09. The number of hydrogen-bond acceptors (Lipinski definition) is 7. The van der Waals surface area contributed by atoms with Gasteiger partial charge in [-0.15, -0.1) is 0 Å². The molecule has 7 nitrogen and oxygen atoms in total. The zero-order chi connectivity index (χ0) is 14.9. The fraction of sp³-hybridized carbons (Fsp3) is 0.417. The molecular formula is C12H13BrN4O3S. The van der Waals surface area contributed by atoms with Crippen LogP contribution in [0.15, 0.2) is 27.3 Å². The van der Waals surface area contributed by atoms with Gasteiger partial charge < -0.3 is 9.84 Å². The highest BCUT2D eigenvalue weighted by molar-refractivity contribution is 9.10. The Balaban J connectivity index is 1.72. The zero-order valence-corrected chi connectivity index (χ0v) is 13.4. The van der Waals surface area contributed by atoms with Gasteiger partial charge in [-0.2, -0.15) is 4.98 Å². The molecule has 2 aromatic heterocycles. The van der Waals surface area contributed by atoms with Crippen molar-refractivity contribution in [2.45, 2.75) is 12.5 Å². The van der Waals surface area contributed by atoms with E-state index < -0.39 is 9.84 Å². The standard InChI is InChI=1S/C12H13BrN4O3S/c13-8-1-2-10(15-6-8)12-16-11(20-17-12)5-9-7-21(18,19)4-3-14-9/h1-2,6,9,14H,3-5,7H2. The number of halogens is 1. The second-order valence-corrected chi connectivity index (χ2v) is 7.99. The van der Waals surface area contributed by atoms with Gasteiger partial charge in [-0.05, 0) is 28.1 Å². The van der Waals surface area contributed by atoms with E-state index in [-0.39, 0.29) is 17.5 Å². The molecule has 2 aromatic rings. The van der Waals surface area contributed by atoms with Crippen LogP contribution in [0, 0.1) is 0 Å². The average Bonchev–Trinajstić information content (AvgIpc) is 2.87. The number of pyridine rings is 1. The lowest BCUT2D eigenvalue weighted by Gasteiger charge is -2.21. The first kappa shape index (κ1) is 14.6. The Bertz CT molecular complexity index is 729. The van der Waals surface area contributed by atoms with E-state index in [0.717, 1.165) is 4.47 Å². The molecule has 1 unspecified atom stereocenters. The van der Waals surface area contributed by atoms with E-state index in [4.69, 9.17) is 4.52 Å². The Hall–Kier alpha value is -1.32. The highest BCUT2D eigenvalue weighted by Crippen LogP contribution is 2.17. The van der Waals surface area contributed by atoms with Crippen LogP contribution in [0.2, 0.25) is 0 Å². The molecule has 112 valence electrons. The third kappa shape index (κ3) is 3.66. The van der Waals surface area contributed by atoms with Gasteiger partial charge in [0.2, 0.25) is 11.7 Å². The van der Waals surface area contributed by atoms with Gasteiger partial charge in [0.15, 0.2) is 9.84 Å². The molecular weight excluding hydrogens is 360 g/mol. The number of hydrogen-bond donors (Lipinski definition) is 1. The fourth-order valence-corrected chi connectivity index (χ4v) is 3.84. The molecule has 0 radical (unpaired) electrons. The Kier molecular flexibility index (Phi) is 4.05. The van der Waals surface area contributed by atoms with E-state index in [1.54, 1.807) is 12.3 Å². The maximum Gasteiger partial charge on any atom is 0.228 e. The smallest absolute Gasteiger partial charge is 0.228 e. The van der Waals surface area contributed by atoms with Crippen LogP contribution in [-0.2, 0) is 16.3 Å². The van der Waals surface area contributed by atoms with Gasteiger partial charge in [-0.3, -0.25) is 4.98 Å². The largest absolute Gasteiger partial charge is 0.339 e. The second kappa shape index (κ2) is 5.82. The lowest BCUT2D eigenvalue weighted by atomic mass is 10.2. The summed E-state index contributed by atoms with van der Waals surface area (Å²) in [6.07, 6.45) is 2.05. The molecule has 0 aromatic carbocycles. The van der Waals surface area contributed by atoms with E-state index in [0.29, 0.717) is 30.4 Å². The summed E-state index contributed by atoms with van der Waals surface area (Å²) in [6, 6.07) is 3.44. The van der Waals surface area contributed by atoms with Gasteiger partial charge >= 0.3 is 0 Å². The minimum absolute atomic E-state index is 0.0985. The summed E-state index contributed by atoms with van der Waals surface area (Å²) in [5.41, 5.74) is 0.609. The van der Waals surface area contributed by atoms with Crippen LogP contribution in [0.1, 0.15) is 5.89 Å². The molecule has 1 aliphatic rings. The Morgan fingerprint density at radius 3 is 3.00 bits per heavy atom. The fourth-order valence-electron chi connectivity index (χ4n) is 2.16. The maximum atomic E-state index is 11.6. The molecule has 1 saturated heterocycles. The topological polar surface area (TPSA) is 98.0 Å². The summed E-state index contributed by atoms with van der Waals surface area (Å²) < 4.78 is 29.2. The van der Waals surface area contributed by atoms with Crippen molar-refractivity contribution >= 4 is 25.8 Å². The molecule has 3 rings (SSSR count). The van der Waals surface area contributed by atoms with Crippen molar-refractivity contribution in [1.82, 2.24) is 20.4 Å². The Labute approximate surface area is 130 Å². The Morgan fingerprint density at radius 1 is 1.43 bits per heavy atom. The van der Waals surface area contributed by atoms with Crippen LogP contribution in [0.3, 0.4) is 0 Å². The highest BCUT2D eigenvalue weighted by atomic mass is 79.9. The van der Waals surface area contributed by atoms with Gasteiger partial charge in [-0.1, -0.05) is 5.16 Å². The van der Waals surface area contributed by atoms with Gasteiger partial charge in [0.05, 0.1) is 11.5 Å². The third-order valence-corrected chi connectivity index (χ3v) is 5.35. The van der Waals surface area contributed by atoms with Crippen molar-refractivity contribution in [2.24, 2.45) is 0 Å². The molecule has 1 N–H and O–H groups in total. The van der Waals surface area contributed by atoms with E-state index in [1.807, 2.05) is 6.07 Å².